The Morgan fingerprint density at radius 2 is 2.00 bits per heavy atom. The van der Waals surface area contributed by atoms with E-state index in [1.165, 1.54) is 17.2 Å². The van der Waals surface area contributed by atoms with E-state index in [-0.39, 0.29) is 18.2 Å². The molecule has 1 fully saturated rings. The number of nitrogens with two attached hydrogens (primary N) is 2. The molecule has 0 unspecified atom stereocenters. The first-order chi connectivity index (χ1) is 5.94. The van der Waals surface area contributed by atoms with Crippen LogP contribution in [-0.2, 0) is 0 Å². The van der Waals surface area contributed by atoms with Crippen LogP contribution in [0.25, 0.3) is 0 Å². The summed E-state index contributed by atoms with van der Waals surface area (Å²) >= 11 is 5.38. The van der Waals surface area contributed by atoms with Crippen LogP contribution < -0.4 is 11.5 Å². The van der Waals surface area contributed by atoms with Crippen molar-refractivity contribution in [3.05, 3.63) is 23.1 Å². The highest BCUT2D eigenvalue weighted by Crippen LogP contribution is 2.30. The molecule has 3 nitrogen and oxygen atoms in total. The SMILES string of the molecule is N/C=C(\C=C(/N)Cl)N1CC(F)(F)C1. The van der Waals surface area contributed by atoms with Crippen molar-refractivity contribution >= 4 is 11.6 Å². The predicted molar refractivity (Wildman–Crippen MR) is 46.9 cm³/mol. The summed E-state index contributed by atoms with van der Waals surface area (Å²) in [4.78, 5) is 1.40. The Kier molecular flexibility index (Phi) is 2.66. The molecule has 1 aliphatic rings. The number of alkyl halides is 2. The van der Waals surface area contributed by atoms with Gasteiger partial charge in [0.1, 0.15) is 5.16 Å². The van der Waals surface area contributed by atoms with Crippen molar-refractivity contribution in [2.24, 2.45) is 11.5 Å². The normalized spacial score (nSPS) is 22.8. The Balaban J connectivity index is 2.58. The van der Waals surface area contributed by atoms with Crippen LogP contribution in [0.5, 0.6) is 0 Å². The Morgan fingerprint density at radius 3 is 2.31 bits per heavy atom. The Labute approximate surface area is 79.6 Å². The van der Waals surface area contributed by atoms with Gasteiger partial charge >= 0.3 is 0 Å². The Bertz CT molecular complexity index is 250. The van der Waals surface area contributed by atoms with Crippen LogP contribution in [0.2, 0.25) is 0 Å². The lowest BCUT2D eigenvalue weighted by Gasteiger charge is -2.40. The van der Waals surface area contributed by atoms with Gasteiger partial charge in [0, 0.05) is 6.20 Å². The lowest BCUT2D eigenvalue weighted by molar-refractivity contribution is -0.114. The van der Waals surface area contributed by atoms with Gasteiger partial charge in [-0.15, -0.1) is 0 Å². The summed E-state index contributed by atoms with van der Waals surface area (Å²) in [5.41, 5.74) is 10.8. The molecule has 0 aliphatic carbocycles. The fourth-order valence-electron chi connectivity index (χ4n) is 1.08. The molecule has 13 heavy (non-hydrogen) atoms. The van der Waals surface area contributed by atoms with E-state index in [4.69, 9.17) is 23.1 Å². The molecule has 0 saturated carbocycles. The van der Waals surface area contributed by atoms with E-state index in [0.29, 0.717) is 5.70 Å². The number of nitrogens with zero attached hydrogens (tertiary/aromatic N) is 1. The number of likely N-dealkylation sites (tertiary alicyclic amines) is 1. The third-order valence-corrected chi connectivity index (χ3v) is 1.78. The number of rotatable bonds is 2. The third kappa shape index (κ3) is 2.48. The zero-order valence-electron chi connectivity index (χ0n) is 6.80. The van der Waals surface area contributed by atoms with Crippen molar-refractivity contribution in [2.45, 2.75) is 5.92 Å². The van der Waals surface area contributed by atoms with Crippen LogP contribution in [0.1, 0.15) is 0 Å². The molecule has 1 heterocycles. The van der Waals surface area contributed by atoms with Crippen LogP contribution in [0, 0.1) is 0 Å². The highest BCUT2D eigenvalue weighted by atomic mass is 35.5. The van der Waals surface area contributed by atoms with Gasteiger partial charge in [0.05, 0.1) is 18.8 Å². The van der Waals surface area contributed by atoms with Crippen molar-refractivity contribution in [3.63, 3.8) is 0 Å². The van der Waals surface area contributed by atoms with Crippen molar-refractivity contribution in [1.29, 1.82) is 0 Å². The molecule has 0 aromatic heterocycles. The van der Waals surface area contributed by atoms with E-state index in [0.717, 1.165) is 0 Å². The minimum Gasteiger partial charge on any atom is -0.403 e. The monoisotopic (exact) mass is 209 g/mol. The first-order valence-corrected chi connectivity index (χ1v) is 4.00. The van der Waals surface area contributed by atoms with Crippen molar-refractivity contribution < 1.29 is 8.78 Å². The molecular formula is C7H10ClF2N3. The maximum absolute atomic E-state index is 12.4. The standard InChI is InChI=1S/C7H10ClF2N3/c8-6(12)1-5(2-11)13-3-7(9,10)4-13/h1-2H,3-4,11-12H2/b5-2+,6-1-. The second-order valence-electron chi connectivity index (χ2n) is 2.83. The molecule has 0 atom stereocenters. The van der Waals surface area contributed by atoms with E-state index in [1.54, 1.807) is 0 Å². The van der Waals surface area contributed by atoms with E-state index >= 15 is 0 Å². The van der Waals surface area contributed by atoms with Gasteiger partial charge in [-0.25, -0.2) is 8.78 Å². The van der Waals surface area contributed by atoms with Crippen LogP contribution in [0.15, 0.2) is 23.1 Å². The number of halogens is 3. The molecular weight excluding hydrogens is 200 g/mol. The molecule has 1 saturated heterocycles. The van der Waals surface area contributed by atoms with Gasteiger partial charge in [0.15, 0.2) is 0 Å². The van der Waals surface area contributed by atoms with Gasteiger partial charge in [-0.1, -0.05) is 11.6 Å². The summed E-state index contributed by atoms with van der Waals surface area (Å²) in [5, 5.41) is 0.0203. The van der Waals surface area contributed by atoms with Crippen LogP contribution in [0.3, 0.4) is 0 Å². The second-order valence-corrected chi connectivity index (χ2v) is 3.27. The predicted octanol–water partition coefficient (Wildman–Crippen LogP) is 0.776. The number of hydrogen-bond donors (Lipinski definition) is 2. The summed E-state index contributed by atoms with van der Waals surface area (Å²) in [6.07, 6.45) is 2.54. The maximum Gasteiger partial charge on any atom is 0.282 e. The van der Waals surface area contributed by atoms with Gasteiger partial charge in [0.25, 0.3) is 5.92 Å². The third-order valence-electron chi connectivity index (χ3n) is 1.67. The summed E-state index contributed by atoms with van der Waals surface area (Å²) in [6.45, 7) is -0.673. The first kappa shape index (κ1) is 10.1. The number of allylic oxidation sites excluding steroid dienone is 1. The zero-order valence-corrected chi connectivity index (χ0v) is 7.56. The Morgan fingerprint density at radius 1 is 1.46 bits per heavy atom. The van der Waals surface area contributed by atoms with E-state index in [9.17, 15) is 8.78 Å². The number of hydrogen-bond acceptors (Lipinski definition) is 3. The minimum absolute atomic E-state index is 0.0203. The van der Waals surface area contributed by atoms with Gasteiger partial charge in [0.2, 0.25) is 0 Å². The van der Waals surface area contributed by atoms with E-state index < -0.39 is 5.92 Å². The molecule has 6 heteroatoms. The lowest BCUT2D eigenvalue weighted by Crippen LogP contribution is -2.55. The first-order valence-electron chi connectivity index (χ1n) is 3.62. The van der Waals surface area contributed by atoms with Crippen molar-refractivity contribution in [2.75, 3.05) is 13.1 Å². The van der Waals surface area contributed by atoms with Crippen LogP contribution in [0.4, 0.5) is 8.78 Å². The lowest BCUT2D eigenvalue weighted by atomic mass is 10.1. The van der Waals surface area contributed by atoms with Crippen molar-refractivity contribution in [3.8, 4) is 0 Å². The molecule has 0 radical (unpaired) electrons. The van der Waals surface area contributed by atoms with Gasteiger partial charge in [-0.3, -0.25) is 0 Å². The molecule has 0 bridgehead atoms. The zero-order chi connectivity index (χ0) is 10.1. The van der Waals surface area contributed by atoms with Gasteiger partial charge in [-0.05, 0) is 6.08 Å². The second kappa shape index (κ2) is 3.41. The van der Waals surface area contributed by atoms with Crippen LogP contribution in [-0.4, -0.2) is 23.9 Å². The fraction of sp³-hybridized carbons (Fsp3) is 0.429. The molecule has 0 spiro atoms. The van der Waals surface area contributed by atoms with Crippen LogP contribution >= 0.6 is 11.6 Å². The Hall–Kier alpha value is -0.970. The van der Waals surface area contributed by atoms with Gasteiger partial charge < -0.3 is 16.4 Å². The molecule has 0 aromatic carbocycles. The van der Waals surface area contributed by atoms with E-state index in [2.05, 4.69) is 0 Å². The summed E-state index contributed by atoms with van der Waals surface area (Å²) < 4.78 is 24.9. The topological polar surface area (TPSA) is 55.3 Å². The molecule has 0 amide bonds. The molecule has 4 N–H and O–H groups in total. The average molecular weight is 210 g/mol. The maximum atomic E-state index is 12.4. The van der Waals surface area contributed by atoms with Crippen molar-refractivity contribution in [1.82, 2.24) is 4.90 Å². The average Bonchev–Trinajstić information content (AvgIpc) is 1.95. The fourth-order valence-corrected chi connectivity index (χ4v) is 1.19. The highest BCUT2D eigenvalue weighted by Gasteiger charge is 2.44. The molecule has 1 aliphatic heterocycles. The largest absolute Gasteiger partial charge is 0.403 e. The minimum atomic E-state index is -2.62. The smallest absolute Gasteiger partial charge is 0.282 e. The van der Waals surface area contributed by atoms with E-state index in [1.807, 2.05) is 0 Å². The molecule has 0 aromatic rings. The quantitative estimate of drug-likeness (QED) is 0.522. The summed E-state index contributed by atoms with van der Waals surface area (Å²) in [6, 6.07) is 0. The molecule has 74 valence electrons. The highest BCUT2D eigenvalue weighted by molar-refractivity contribution is 6.29. The van der Waals surface area contributed by atoms with Gasteiger partial charge in [-0.2, -0.15) is 0 Å². The summed E-state index contributed by atoms with van der Waals surface area (Å²) in [5.74, 6) is -2.62. The summed E-state index contributed by atoms with van der Waals surface area (Å²) in [7, 11) is 0. The molecule has 1 rings (SSSR count).